The number of hydrogen-bond donors (Lipinski definition) is 2. The Bertz CT molecular complexity index is 533. The number of nitrogens with one attached hydrogen (secondary N) is 1. The summed E-state index contributed by atoms with van der Waals surface area (Å²) in [6, 6.07) is 17.2. The van der Waals surface area contributed by atoms with Crippen molar-refractivity contribution in [3.63, 3.8) is 0 Å². The van der Waals surface area contributed by atoms with E-state index in [0.717, 1.165) is 6.42 Å². The van der Waals surface area contributed by atoms with E-state index in [1.165, 1.54) is 22.3 Å². The number of aliphatic hydroxyl groups excluding tert-OH is 1. The average Bonchev–Trinajstić information content (AvgIpc) is 2.79. The smallest absolute Gasteiger partial charge is 0.0662 e. The van der Waals surface area contributed by atoms with Crippen molar-refractivity contribution in [3.8, 4) is 11.1 Å². The van der Waals surface area contributed by atoms with Crippen LogP contribution in [0.3, 0.4) is 0 Å². The Kier molecular flexibility index (Phi) is 3.36. The van der Waals surface area contributed by atoms with Crippen LogP contribution in [0.5, 0.6) is 0 Å². The predicted molar refractivity (Wildman–Crippen MR) is 78.0 cm³/mol. The van der Waals surface area contributed by atoms with Gasteiger partial charge in [0.25, 0.3) is 0 Å². The van der Waals surface area contributed by atoms with Crippen LogP contribution < -0.4 is 5.32 Å². The zero-order chi connectivity index (χ0) is 13.2. The summed E-state index contributed by atoms with van der Waals surface area (Å²) < 4.78 is 0. The minimum absolute atomic E-state index is 0.202. The van der Waals surface area contributed by atoms with Crippen molar-refractivity contribution in [1.82, 2.24) is 5.32 Å². The third-order valence-corrected chi connectivity index (χ3v) is 3.86. The monoisotopic (exact) mass is 253 g/mol. The minimum Gasteiger partial charge on any atom is -0.392 e. The molecule has 98 valence electrons. The van der Waals surface area contributed by atoms with E-state index in [2.05, 4.69) is 53.8 Å². The maximum atomic E-state index is 9.75. The number of hydrogen-bond acceptors (Lipinski definition) is 2. The lowest BCUT2D eigenvalue weighted by Gasteiger charge is -2.18. The highest BCUT2D eigenvalue weighted by molar-refractivity contribution is 5.78. The number of fused-ring (bicyclic) bond motifs is 3. The van der Waals surface area contributed by atoms with Crippen LogP contribution in [0, 0.1) is 0 Å². The SMILES string of the molecule is CCC(O)CNC1c2ccccc2-c2ccccc21. The Hall–Kier alpha value is -1.64. The van der Waals surface area contributed by atoms with Crippen molar-refractivity contribution in [2.24, 2.45) is 0 Å². The molecule has 0 amide bonds. The van der Waals surface area contributed by atoms with Gasteiger partial charge in [0, 0.05) is 6.54 Å². The Morgan fingerprint density at radius 1 is 1.00 bits per heavy atom. The van der Waals surface area contributed by atoms with Gasteiger partial charge in [-0.2, -0.15) is 0 Å². The van der Waals surface area contributed by atoms with Crippen molar-refractivity contribution >= 4 is 0 Å². The van der Waals surface area contributed by atoms with Crippen molar-refractivity contribution in [2.75, 3.05) is 6.54 Å². The Morgan fingerprint density at radius 3 is 2.05 bits per heavy atom. The molecule has 3 rings (SSSR count). The first-order valence-electron chi connectivity index (χ1n) is 6.91. The molecule has 2 heteroatoms. The lowest BCUT2D eigenvalue weighted by molar-refractivity contribution is 0.165. The molecular formula is C17H19NO. The molecule has 0 saturated heterocycles. The van der Waals surface area contributed by atoms with E-state index in [1.807, 2.05) is 6.92 Å². The van der Waals surface area contributed by atoms with E-state index in [-0.39, 0.29) is 12.1 Å². The van der Waals surface area contributed by atoms with E-state index in [4.69, 9.17) is 0 Å². The summed E-state index contributed by atoms with van der Waals surface area (Å²) in [4.78, 5) is 0. The Morgan fingerprint density at radius 2 is 1.53 bits per heavy atom. The fraction of sp³-hybridized carbons (Fsp3) is 0.294. The van der Waals surface area contributed by atoms with Crippen molar-refractivity contribution < 1.29 is 5.11 Å². The van der Waals surface area contributed by atoms with E-state index >= 15 is 0 Å². The molecule has 2 N–H and O–H groups in total. The lowest BCUT2D eigenvalue weighted by atomic mass is 10.1. The molecular weight excluding hydrogens is 234 g/mol. The van der Waals surface area contributed by atoms with E-state index in [9.17, 15) is 5.11 Å². The second kappa shape index (κ2) is 5.16. The predicted octanol–water partition coefficient (Wildman–Crippen LogP) is 3.12. The normalized spacial score (nSPS) is 15.1. The van der Waals surface area contributed by atoms with Crippen molar-refractivity contribution in [3.05, 3.63) is 59.7 Å². The zero-order valence-corrected chi connectivity index (χ0v) is 11.1. The van der Waals surface area contributed by atoms with Gasteiger partial charge in [-0.25, -0.2) is 0 Å². The third kappa shape index (κ3) is 2.18. The fourth-order valence-electron chi connectivity index (χ4n) is 2.77. The minimum atomic E-state index is -0.278. The van der Waals surface area contributed by atoms with Crippen LogP contribution in [0.25, 0.3) is 11.1 Å². The molecule has 19 heavy (non-hydrogen) atoms. The topological polar surface area (TPSA) is 32.3 Å². The molecule has 0 heterocycles. The van der Waals surface area contributed by atoms with Gasteiger partial charge in [0.2, 0.25) is 0 Å². The van der Waals surface area contributed by atoms with Crippen LogP contribution in [0.2, 0.25) is 0 Å². The summed E-state index contributed by atoms with van der Waals surface area (Å²) in [5.41, 5.74) is 5.24. The molecule has 0 spiro atoms. The summed E-state index contributed by atoms with van der Waals surface area (Å²) in [6.45, 7) is 2.63. The summed E-state index contributed by atoms with van der Waals surface area (Å²) in [7, 11) is 0. The molecule has 1 aliphatic rings. The second-order valence-corrected chi connectivity index (χ2v) is 5.08. The fourth-order valence-corrected chi connectivity index (χ4v) is 2.77. The van der Waals surface area contributed by atoms with Gasteiger partial charge in [-0.1, -0.05) is 55.5 Å². The lowest BCUT2D eigenvalue weighted by Crippen LogP contribution is -2.29. The number of benzene rings is 2. The largest absolute Gasteiger partial charge is 0.392 e. The molecule has 0 bridgehead atoms. The molecule has 1 atom stereocenters. The summed E-state index contributed by atoms with van der Waals surface area (Å²) in [6.07, 6.45) is 0.503. The molecule has 0 aromatic heterocycles. The number of rotatable bonds is 4. The zero-order valence-electron chi connectivity index (χ0n) is 11.1. The Balaban J connectivity index is 1.96. The molecule has 2 aromatic rings. The van der Waals surface area contributed by atoms with Crippen LogP contribution in [-0.4, -0.2) is 17.8 Å². The van der Waals surface area contributed by atoms with E-state index in [1.54, 1.807) is 0 Å². The second-order valence-electron chi connectivity index (χ2n) is 5.08. The van der Waals surface area contributed by atoms with Gasteiger partial charge in [-0.3, -0.25) is 0 Å². The number of aliphatic hydroxyl groups is 1. The van der Waals surface area contributed by atoms with Gasteiger partial charge in [0.1, 0.15) is 0 Å². The molecule has 1 aliphatic carbocycles. The van der Waals surface area contributed by atoms with E-state index < -0.39 is 0 Å². The maximum Gasteiger partial charge on any atom is 0.0662 e. The maximum absolute atomic E-state index is 9.75. The van der Waals surface area contributed by atoms with Crippen LogP contribution >= 0.6 is 0 Å². The van der Waals surface area contributed by atoms with Gasteiger partial charge in [-0.05, 0) is 28.7 Å². The molecule has 2 nitrogen and oxygen atoms in total. The summed E-state index contributed by atoms with van der Waals surface area (Å²) >= 11 is 0. The highest BCUT2D eigenvalue weighted by atomic mass is 16.3. The highest BCUT2D eigenvalue weighted by Gasteiger charge is 2.27. The molecule has 0 fully saturated rings. The van der Waals surface area contributed by atoms with Gasteiger partial charge in [0.05, 0.1) is 12.1 Å². The summed E-state index contributed by atoms with van der Waals surface area (Å²) in [5.74, 6) is 0. The highest BCUT2D eigenvalue weighted by Crippen LogP contribution is 2.42. The standard InChI is InChI=1S/C17H19NO/c1-2-12(19)11-18-17-15-9-5-3-7-13(15)14-8-4-6-10-16(14)17/h3-10,12,17-19H,2,11H2,1H3. The van der Waals surface area contributed by atoms with Gasteiger partial charge >= 0.3 is 0 Å². The third-order valence-electron chi connectivity index (χ3n) is 3.86. The first-order chi connectivity index (χ1) is 9.31. The molecule has 0 radical (unpaired) electrons. The van der Waals surface area contributed by atoms with Crippen LogP contribution in [-0.2, 0) is 0 Å². The van der Waals surface area contributed by atoms with Gasteiger partial charge in [0.15, 0.2) is 0 Å². The first kappa shape index (κ1) is 12.4. The summed E-state index contributed by atoms with van der Waals surface area (Å²) in [5, 5.41) is 13.2. The quantitative estimate of drug-likeness (QED) is 0.877. The molecule has 1 unspecified atom stereocenters. The van der Waals surface area contributed by atoms with E-state index in [0.29, 0.717) is 6.54 Å². The van der Waals surface area contributed by atoms with Crippen LogP contribution in [0.4, 0.5) is 0 Å². The molecule has 0 saturated carbocycles. The molecule has 2 aromatic carbocycles. The Labute approximate surface area is 114 Å². The van der Waals surface area contributed by atoms with Gasteiger partial charge < -0.3 is 10.4 Å². The average molecular weight is 253 g/mol. The van der Waals surface area contributed by atoms with Crippen molar-refractivity contribution in [1.29, 1.82) is 0 Å². The first-order valence-corrected chi connectivity index (χ1v) is 6.91. The molecule has 0 aliphatic heterocycles. The van der Waals surface area contributed by atoms with Crippen molar-refractivity contribution in [2.45, 2.75) is 25.5 Å². The van der Waals surface area contributed by atoms with Crippen LogP contribution in [0.15, 0.2) is 48.5 Å². The van der Waals surface area contributed by atoms with Gasteiger partial charge in [-0.15, -0.1) is 0 Å². The van der Waals surface area contributed by atoms with Crippen LogP contribution in [0.1, 0.15) is 30.5 Å².